The molecule has 0 bridgehead atoms. The third-order valence-corrected chi connectivity index (χ3v) is 1.71. The summed E-state index contributed by atoms with van der Waals surface area (Å²) in [6.07, 6.45) is 1.30. The van der Waals surface area contributed by atoms with Crippen LogP contribution in [0, 0.1) is 0 Å². The Labute approximate surface area is 89.6 Å². The molecular weight excluding hydrogens is 212 g/mol. The Kier molecular flexibility index (Phi) is 2.63. The highest BCUT2D eigenvalue weighted by molar-refractivity contribution is 5.83. The number of hydrogen-bond acceptors (Lipinski definition) is 7. The summed E-state index contributed by atoms with van der Waals surface area (Å²) >= 11 is 0. The summed E-state index contributed by atoms with van der Waals surface area (Å²) in [5, 5.41) is 36.8. The van der Waals surface area contributed by atoms with Gasteiger partial charge in [0.1, 0.15) is 5.75 Å². The largest absolute Gasteiger partial charge is 0.872 e. The van der Waals surface area contributed by atoms with E-state index in [0.717, 1.165) is 6.07 Å². The lowest BCUT2D eigenvalue weighted by Crippen LogP contribution is -1.98. The van der Waals surface area contributed by atoms with Crippen molar-refractivity contribution in [3.63, 3.8) is 0 Å². The van der Waals surface area contributed by atoms with Crippen molar-refractivity contribution in [2.24, 2.45) is 5.10 Å². The summed E-state index contributed by atoms with van der Waals surface area (Å²) in [6, 6.07) is 3.96. The predicted octanol–water partition coefficient (Wildman–Crippen LogP) is -0.575. The molecule has 0 spiro atoms. The molecule has 0 unspecified atom stereocenters. The second-order valence-corrected chi connectivity index (χ2v) is 2.83. The maximum Gasteiger partial charge on any atom is 0.283 e. The summed E-state index contributed by atoms with van der Waals surface area (Å²) in [5.74, 6) is -0.200. The minimum absolute atomic E-state index is 0.0757. The van der Waals surface area contributed by atoms with E-state index in [2.05, 4.69) is 31.2 Å². The van der Waals surface area contributed by atoms with Crippen LogP contribution in [0.2, 0.25) is 0 Å². The lowest BCUT2D eigenvalue weighted by atomic mass is 10.2. The van der Waals surface area contributed by atoms with E-state index in [1.807, 2.05) is 0 Å². The minimum atomic E-state index is -0.321. The fraction of sp³-hybridized carbons (Fsp3) is 0. The van der Waals surface area contributed by atoms with E-state index in [1.54, 1.807) is 0 Å². The molecule has 0 aliphatic rings. The molecule has 0 radical (unpaired) electrons. The zero-order valence-corrected chi connectivity index (χ0v) is 7.95. The van der Waals surface area contributed by atoms with Gasteiger partial charge in [0.25, 0.3) is 5.95 Å². The Morgan fingerprint density at radius 2 is 2.38 bits per heavy atom. The van der Waals surface area contributed by atoms with E-state index < -0.39 is 0 Å². The number of benzene rings is 1. The first kappa shape index (κ1) is 9.90. The number of nitrogens with zero attached hydrogens (tertiary/aromatic N) is 4. The van der Waals surface area contributed by atoms with Crippen LogP contribution in [0.1, 0.15) is 5.56 Å². The normalized spacial score (nSPS) is 10.8. The SMILES string of the molecule is [O-]c1cc(O)ccc1/C=N/Nc1nn[nH]n1. The van der Waals surface area contributed by atoms with Crippen LogP contribution in [-0.2, 0) is 0 Å². The van der Waals surface area contributed by atoms with Gasteiger partial charge in [0.2, 0.25) is 0 Å². The van der Waals surface area contributed by atoms with Gasteiger partial charge in [0, 0.05) is 0 Å². The monoisotopic (exact) mass is 219 g/mol. The number of tetrazole rings is 1. The maximum atomic E-state index is 11.3. The first-order chi connectivity index (χ1) is 7.75. The van der Waals surface area contributed by atoms with Crippen molar-refractivity contribution < 1.29 is 10.2 Å². The van der Waals surface area contributed by atoms with Crippen LogP contribution >= 0.6 is 0 Å². The first-order valence-corrected chi connectivity index (χ1v) is 4.28. The molecule has 1 heterocycles. The Hall–Kier alpha value is -2.64. The number of nitrogens with one attached hydrogen (secondary N) is 2. The molecule has 1 aromatic heterocycles. The second kappa shape index (κ2) is 4.26. The van der Waals surface area contributed by atoms with Crippen LogP contribution in [0.3, 0.4) is 0 Å². The van der Waals surface area contributed by atoms with Gasteiger partial charge in [0.05, 0.1) is 6.21 Å². The van der Waals surface area contributed by atoms with Crippen LogP contribution in [0.15, 0.2) is 23.3 Å². The number of aromatic amines is 1. The Balaban J connectivity index is 2.06. The molecule has 0 saturated carbocycles. The maximum absolute atomic E-state index is 11.3. The highest BCUT2D eigenvalue weighted by atomic mass is 16.3. The lowest BCUT2D eigenvalue weighted by Gasteiger charge is -2.08. The number of phenolic OH excluding ortho intramolecular Hbond substituents is 1. The van der Waals surface area contributed by atoms with E-state index >= 15 is 0 Å². The fourth-order valence-electron chi connectivity index (χ4n) is 0.998. The van der Waals surface area contributed by atoms with Crippen molar-refractivity contribution in [1.82, 2.24) is 20.6 Å². The zero-order valence-electron chi connectivity index (χ0n) is 7.95. The molecule has 0 aliphatic heterocycles. The van der Waals surface area contributed by atoms with Gasteiger partial charge in [-0.3, -0.25) is 0 Å². The standard InChI is InChI=1S/C8H8N6O2/c15-6-2-1-5(7(16)3-6)4-9-10-8-11-13-14-12-8/h1-4,15-16H,(H2,10,11,12,13,14)/p-1/b9-4+. The van der Waals surface area contributed by atoms with Crippen molar-refractivity contribution >= 4 is 12.2 Å². The number of phenols is 1. The topological polar surface area (TPSA) is 122 Å². The van der Waals surface area contributed by atoms with Crippen molar-refractivity contribution in [2.75, 3.05) is 5.43 Å². The molecule has 0 amide bonds. The van der Waals surface area contributed by atoms with Crippen molar-refractivity contribution in [2.45, 2.75) is 0 Å². The number of aromatic nitrogens is 4. The van der Waals surface area contributed by atoms with Crippen molar-refractivity contribution in [3.8, 4) is 11.5 Å². The molecule has 0 aliphatic carbocycles. The molecule has 0 saturated heterocycles. The number of aromatic hydroxyl groups is 1. The van der Waals surface area contributed by atoms with E-state index in [9.17, 15) is 5.11 Å². The molecule has 0 atom stereocenters. The number of H-pyrrole nitrogens is 1. The Morgan fingerprint density at radius 3 is 3.06 bits per heavy atom. The van der Waals surface area contributed by atoms with Crippen molar-refractivity contribution in [3.05, 3.63) is 23.8 Å². The van der Waals surface area contributed by atoms with E-state index in [0.29, 0.717) is 5.56 Å². The summed E-state index contributed by atoms with van der Waals surface area (Å²) in [6.45, 7) is 0. The first-order valence-electron chi connectivity index (χ1n) is 4.28. The summed E-state index contributed by atoms with van der Waals surface area (Å²) in [7, 11) is 0. The number of hydrogen-bond donors (Lipinski definition) is 3. The Bertz CT molecular complexity index is 495. The molecule has 2 rings (SSSR count). The Morgan fingerprint density at radius 1 is 1.50 bits per heavy atom. The fourth-order valence-corrected chi connectivity index (χ4v) is 0.998. The number of anilines is 1. The average Bonchev–Trinajstić information content (AvgIpc) is 2.74. The molecular formula is C8H7N6O2-. The van der Waals surface area contributed by atoms with Gasteiger partial charge in [-0.15, -0.1) is 5.10 Å². The molecule has 82 valence electrons. The van der Waals surface area contributed by atoms with Crippen LogP contribution in [0.4, 0.5) is 5.95 Å². The highest BCUT2D eigenvalue weighted by Crippen LogP contribution is 2.18. The smallest absolute Gasteiger partial charge is 0.283 e. The second-order valence-electron chi connectivity index (χ2n) is 2.83. The molecule has 8 nitrogen and oxygen atoms in total. The lowest BCUT2D eigenvalue weighted by molar-refractivity contribution is -0.268. The van der Waals surface area contributed by atoms with Crippen LogP contribution in [0.5, 0.6) is 11.5 Å². The van der Waals surface area contributed by atoms with Gasteiger partial charge in [-0.05, 0) is 22.9 Å². The predicted molar refractivity (Wildman–Crippen MR) is 52.9 cm³/mol. The van der Waals surface area contributed by atoms with Gasteiger partial charge in [-0.2, -0.15) is 10.3 Å². The van der Waals surface area contributed by atoms with Gasteiger partial charge < -0.3 is 10.2 Å². The molecule has 0 fully saturated rings. The molecule has 16 heavy (non-hydrogen) atoms. The third-order valence-electron chi connectivity index (χ3n) is 1.71. The molecule has 2 aromatic rings. The molecule has 8 heteroatoms. The zero-order chi connectivity index (χ0) is 11.4. The third kappa shape index (κ3) is 2.23. The summed E-state index contributed by atoms with van der Waals surface area (Å²) < 4.78 is 0. The minimum Gasteiger partial charge on any atom is -0.872 e. The van der Waals surface area contributed by atoms with Crippen molar-refractivity contribution in [1.29, 1.82) is 0 Å². The quantitative estimate of drug-likeness (QED) is 0.469. The van der Waals surface area contributed by atoms with Gasteiger partial charge in [-0.1, -0.05) is 16.9 Å². The van der Waals surface area contributed by atoms with Crippen LogP contribution in [0.25, 0.3) is 0 Å². The highest BCUT2D eigenvalue weighted by Gasteiger charge is 1.94. The molecule has 3 N–H and O–H groups in total. The van der Waals surface area contributed by atoms with Gasteiger partial charge in [-0.25, -0.2) is 5.43 Å². The number of rotatable bonds is 3. The van der Waals surface area contributed by atoms with Crippen LogP contribution < -0.4 is 10.5 Å². The average molecular weight is 219 g/mol. The van der Waals surface area contributed by atoms with Gasteiger partial charge in [0.15, 0.2) is 0 Å². The van der Waals surface area contributed by atoms with Gasteiger partial charge >= 0.3 is 0 Å². The molecule has 1 aromatic carbocycles. The van der Waals surface area contributed by atoms with E-state index in [4.69, 9.17) is 5.11 Å². The van der Waals surface area contributed by atoms with Crippen LogP contribution in [-0.4, -0.2) is 31.9 Å². The summed E-state index contributed by atoms with van der Waals surface area (Å²) in [4.78, 5) is 0. The summed E-state index contributed by atoms with van der Waals surface area (Å²) in [5.41, 5.74) is 2.81. The van der Waals surface area contributed by atoms with E-state index in [1.165, 1.54) is 18.3 Å². The number of hydrazone groups is 1. The van der Waals surface area contributed by atoms with E-state index in [-0.39, 0.29) is 17.4 Å².